The summed E-state index contributed by atoms with van der Waals surface area (Å²) in [5, 5.41) is 6.57. The quantitative estimate of drug-likeness (QED) is 0.608. The number of rotatable bonds is 7. The molecule has 0 aliphatic heterocycles. The number of aromatic nitrogens is 3. The molecule has 3 rings (SSSR count). The van der Waals surface area contributed by atoms with Crippen LogP contribution in [0.25, 0.3) is 0 Å². The number of methoxy groups -OCH3 is 1. The van der Waals surface area contributed by atoms with Crippen LogP contribution in [0.3, 0.4) is 0 Å². The van der Waals surface area contributed by atoms with E-state index >= 15 is 0 Å². The van der Waals surface area contributed by atoms with E-state index in [1.54, 1.807) is 26.4 Å². The molecule has 0 radical (unpaired) electrons. The maximum absolute atomic E-state index is 6.08. The van der Waals surface area contributed by atoms with Crippen LogP contribution >= 0.6 is 11.6 Å². The second kappa shape index (κ2) is 8.35. The van der Waals surface area contributed by atoms with Gasteiger partial charge in [0, 0.05) is 31.4 Å². The summed E-state index contributed by atoms with van der Waals surface area (Å²) in [6.45, 7) is 0.454. The summed E-state index contributed by atoms with van der Waals surface area (Å²) in [6.07, 6.45) is 3.09. The largest absolute Gasteiger partial charge is 0.497 e. The minimum absolute atomic E-state index is 0.351. The van der Waals surface area contributed by atoms with Crippen LogP contribution in [0.4, 0.5) is 11.5 Å². The lowest BCUT2D eigenvalue weighted by molar-refractivity contribution is 0.406. The number of ether oxygens (including phenoxy) is 2. The third kappa shape index (κ3) is 4.12. The third-order valence-corrected chi connectivity index (χ3v) is 3.89. The topological polar surface area (TPSA) is 81.2 Å². The van der Waals surface area contributed by atoms with E-state index in [1.807, 2.05) is 30.3 Å². The van der Waals surface area contributed by atoms with Crippen LogP contribution in [-0.2, 0) is 6.54 Å². The average molecular weight is 372 g/mol. The van der Waals surface area contributed by atoms with Gasteiger partial charge in [0.2, 0.25) is 5.88 Å². The van der Waals surface area contributed by atoms with Gasteiger partial charge in [-0.2, -0.15) is 0 Å². The molecule has 0 atom stereocenters. The van der Waals surface area contributed by atoms with E-state index in [-0.39, 0.29) is 0 Å². The van der Waals surface area contributed by atoms with Crippen molar-refractivity contribution in [3.8, 4) is 17.4 Å². The van der Waals surface area contributed by atoms with Gasteiger partial charge in [-0.25, -0.2) is 15.0 Å². The summed E-state index contributed by atoms with van der Waals surface area (Å²) < 4.78 is 11.1. The van der Waals surface area contributed by atoms with Crippen LogP contribution in [0.5, 0.6) is 17.4 Å². The zero-order chi connectivity index (χ0) is 18.4. The Labute approximate surface area is 156 Å². The fraction of sp³-hybridized carbons (Fsp3) is 0.167. The molecule has 0 aliphatic carbocycles. The number of halogens is 1. The molecule has 0 aliphatic rings. The highest BCUT2D eigenvalue weighted by atomic mass is 35.5. The van der Waals surface area contributed by atoms with Crippen molar-refractivity contribution in [3.63, 3.8) is 0 Å². The number of pyridine rings is 1. The molecule has 0 amide bonds. The lowest BCUT2D eigenvalue weighted by Crippen LogP contribution is -2.07. The van der Waals surface area contributed by atoms with Crippen molar-refractivity contribution >= 4 is 23.1 Å². The molecule has 8 heteroatoms. The molecule has 1 aromatic carbocycles. The van der Waals surface area contributed by atoms with E-state index in [4.69, 9.17) is 21.1 Å². The number of hydrogen-bond donors (Lipinski definition) is 2. The predicted molar refractivity (Wildman–Crippen MR) is 101 cm³/mol. The molecule has 2 N–H and O–H groups in total. The van der Waals surface area contributed by atoms with Crippen molar-refractivity contribution in [1.29, 1.82) is 0 Å². The molecule has 0 saturated heterocycles. The first kappa shape index (κ1) is 17.8. The molecule has 0 unspecified atom stereocenters. The second-order valence-electron chi connectivity index (χ2n) is 5.24. The molecule has 2 heterocycles. The Morgan fingerprint density at radius 2 is 1.92 bits per heavy atom. The Morgan fingerprint density at radius 3 is 2.73 bits per heavy atom. The molecule has 0 fully saturated rings. The summed E-state index contributed by atoms with van der Waals surface area (Å²) in [5.41, 5.74) is 1.50. The van der Waals surface area contributed by atoms with E-state index < -0.39 is 0 Å². The number of hydrogen-bond acceptors (Lipinski definition) is 7. The van der Waals surface area contributed by atoms with Gasteiger partial charge in [0.05, 0.1) is 7.11 Å². The zero-order valence-electron chi connectivity index (χ0n) is 14.4. The summed E-state index contributed by atoms with van der Waals surface area (Å²) in [4.78, 5) is 12.5. The van der Waals surface area contributed by atoms with Crippen molar-refractivity contribution in [2.24, 2.45) is 0 Å². The minimum Gasteiger partial charge on any atom is -0.497 e. The number of nitrogens with zero attached hydrogens (tertiary/aromatic N) is 3. The Bertz CT molecular complexity index is 891. The maximum Gasteiger partial charge on any atom is 0.224 e. The highest BCUT2D eigenvalue weighted by molar-refractivity contribution is 6.32. The second-order valence-corrected chi connectivity index (χ2v) is 5.60. The van der Waals surface area contributed by atoms with E-state index in [1.165, 1.54) is 6.33 Å². The number of nitrogens with one attached hydrogen (secondary N) is 2. The van der Waals surface area contributed by atoms with Crippen LogP contribution in [0, 0.1) is 0 Å². The number of anilines is 2. The average Bonchev–Trinajstić information content (AvgIpc) is 2.67. The van der Waals surface area contributed by atoms with Crippen molar-refractivity contribution in [2.75, 3.05) is 24.8 Å². The van der Waals surface area contributed by atoms with Crippen molar-refractivity contribution in [3.05, 3.63) is 59.6 Å². The lowest BCUT2D eigenvalue weighted by Gasteiger charge is -2.13. The van der Waals surface area contributed by atoms with Crippen LogP contribution in [-0.4, -0.2) is 29.1 Å². The highest BCUT2D eigenvalue weighted by Gasteiger charge is 2.11. The van der Waals surface area contributed by atoms with Gasteiger partial charge in [0.25, 0.3) is 0 Å². The Kier molecular flexibility index (Phi) is 5.70. The van der Waals surface area contributed by atoms with Crippen LogP contribution in [0.1, 0.15) is 5.56 Å². The highest BCUT2D eigenvalue weighted by Crippen LogP contribution is 2.28. The first-order valence-corrected chi connectivity index (χ1v) is 8.27. The fourth-order valence-electron chi connectivity index (χ4n) is 2.33. The SMILES string of the molecule is CNc1c(Cl)ncnc1NCc1cccnc1Oc1cccc(OC)c1. The van der Waals surface area contributed by atoms with Crippen LogP contribution < -0.4 is 20.1 Å². The van der Waals surface area contributed by atoms with Crippen molar-refractivity contribution in [1.82, 2.24) is 15.0 Å². The van der Waals surface area contributed by atoms with E-state index in [2.05, 4.69) is 25.6 Å². The van der Waals surface area contributed by atoms with E-state index in [9.17, 15) is 0 Å². The smallest absolute Gasteiger partial charge is 0.224 e. The Hall–Kier alpha value is -3.06. The Balaban J connectivity index is 1.78. The van der Waals surface area contributed by atoms with Gasteiger partial charge in [-0.3, -0.25) is 0 Å². The minimum atomic E-state index is 0.351. The fourth-order valence-corrected chi connectivity index (χ4v) is 2.55. The predicted octanol–water partition coefficient (Wildman–Crippen LogP) is 3.98. The van der Waals surface area contributed by atoms with Crippen LogP contribution in [0.15, 0.2) is 48.9 Å². The molecular weight excluding hydrogens is 354 g/mol. The van der Waals surface area contributed by atoms with Gasteiger partial charge >= 0.3 is 0 Å². The molecule has 0 saturated carbocycles. The van der Waals surface area contributed by atoms with Gasteiger partial charge in [0.1, 0.15) is 23.5 Å². The first-order valence-electron chi connectivity index (χ1n) is 7.89. The molecule has 0 bridgehead atoms. The lowest BCUT2D eigenvalue weighted by atomic mass is 10.2. The molecule has 134 valence electrons. The van der Waals surface area contributed by atoms with Gasteiger partial charge in [-0.15, -0.1) is 0 Å². The van der Waals surface area contributed by atoms with Crippen molar-refractivity contribution < 1.29 is 9.47 Å². The standard InChI is InChI=1S/C18H18ClN5O2/c1-20-15-16(19)23-11-24-17(15)22-10-12-5-4-8-21-18(12)26-14-7-3-6-13(9-14)25-2/h3-9,11,20H,10H2,1-2H3,(H,22,23,24). The zero-order valence-corrected chi connectivity index (χ0v) is 15.1. The monoisotopic (exact) mass is 371 g/mol. The molecule has 0 spiro atoms. The molecule has 7 nitrogen and oxygen atoms in total. The summed E-state index contributed by atoms with van der Waals surface area (Å²) >= 11 is 6.08. The molecule has 3 aromatic rings. The van der Waals surface area contributed by atoms with Crippen LogP contribution in [0.2, 0.25) is 5.15 Å². The third-order valence-electron chi connectivity index (χ3n) is 3.60. The molecule has 26 heavy (non-hydrogen) atoms. The normalized spacial score (nSPS) is 10.3. The van der Waals surface area contributed by atoms with E-state index in [0.717, 1.165) is 5.56 Å². The molecule has 2 aromatic heterocycles. The molecular formula is C18H18ClN5O2. The van der Waals surface area contributed by atoms with Gasteiger partial charge < -0.3 is 20.1 Å². The van der Waals surface area contributed by atoms with E-state index in [0.29, 0.717) is 40.6 Å². The van der Waals surface area contributed by atoms with Gasteiger partial charge in [-0.1, -0.05) is 23.7 Å². The van der Waals surface area contributed by atoms with Crippen molar-refractivity contribution in [2.45, 2.75) is 6.54 Å². The summed E-state index contributed by atoms with van der Waals surface area (Å²) in [5.74, 6) is 2.46. The first-order chi connectivity index (χ1) is 12.7. The summed E-state index contributed by atoms with van der Waals surface area (Å²) in [7, 11) is 3.37. The van der Waals surface area contributed by atoms with Gasteiger partial charge in [0.15, 0.2) is 11.0 Å². The maximum atomic E-state index is 6.08. The Morgan fingerprint density at radius 1 is 1.08 bits per heavy atom. The number of benzene rings is 1. The summed E-state index contributed by atoms with van der Waals surface area (Å²) in [6, 6.07) is 11.1. The van der Waals surface area contributed by atoms with Gasteiger partial charge in [-0.05, 0) is 18.2 Å².